The number of para-hydroxylation sites is 1. The Morgan fingerprint density at radius 1 is 1.10 bits per heavy atom. The van der Waals surface area contributed by atoms with Gasteiger partial charge in [0.15, 0.2) is 0 Å². The van der Waals surface area contributed by atoms with Crippen molar-refractivity contribution in [3.8, 4) is 0 Å². The summed E-state index contributed by atoms with van der Waals surface area (Å²) in [7, 11) is 0. The molecule has 1 unspecified atom stereocenters. The predicted octanol–water partition coefficient (Wildman–Crippen LogP) is 4.59. The highest BCUT2D eigenvalue weighted by atomic mass is 35.5. The Labute approximate surface area is 189 Å². The second-order valence-electron chi connectivity index (χ2n) is 7.36. The number of aryl methyl sites for hydroxylation is 1. The van der Waals surface area contributed by atoms with E-state index in [1.54, 1.807) is 36.5 Å². The number of halogens is 2. The molecule has 160 valence electrons. The minimum Gasteiger partial charge on any atom is -0.334 e. The van der Waals surface area contributed by atoms with Gasteiger partial charge in [-0.2, -0.15) is 0 Å². The smallest absolute Gasteiger partial charge is 0.319 e. The van der Waals surface area contributed by atoms with Gasteiger partial charge >= 0.3 is 6.03 Å². The number of anilines is 2. The molecule has 3 aromatic rings. The zero-order chi connectivity index (χ0) is 22.0. The highest BCUT2D eigenvalue weighted by Gasteiger charge is 2.19. The number of fused-ring (bicyclic) bond motifs is 1. The number of pyridine rings is 1. The molecule has 31 heavy (non-hydrogen) atoms. The first-order valence-electron chi connectivity index (χ1n) is 9.86. The van der Waals surface area contributed by atoms with E-state index in [0.29, 0.717) is 22.3 Å². The number of carbonyl (C=O) groups excluding carboxylic acids is 2. The third-order valence-corrected chi connectivity index (χ3v) is 5.79. The molecule has 1 atom stereocenters. The summed E-state index contributed by atoms with van der Waals surface area (Å²) in [4.78, 5) is 29.8. The number of benzene rings is 2. The summed E-state index contributed by atoms with van der Waals surface area (Å²) in [5.74, 6) is -0.438. The summed E-state index contributed by atoms with van der Waals surface area (Å²) >= 11 is 12.3. The van der Waals surface area contributed by atoms with Crippen LogP contribution < -0.4 is 21.3 Å². The number of amides is 3. The second kappa shape index (κ2) is 9.09. The standard InChI is InChI=1S/C22H21Cl2N5O2/c1-12-10-26-20-14(19(12)29-22(31)27-13-8-9-25-11-13)4-2-7-17(20)28-21(30)18-15(23)5-3-6-16(18)24/h2-7,10,13,25H,8-9,11H2,1H3,(H,28,30)(H2,26,27,29,31). The molecule has 0 radical (unpaired) electrons. The summed E-state index contributed by atoms with van der Waals surface area (Å²) in [6, 6.07) is 10.1. The Morgan fingerprint density at radius 3 is 2.55 bits per heavy atom. The minimum atomic E-state index is -0.438. The lowest BCUT2D eigenvalue weighted by atomic mass is 10.1. The van der Waals surface area contributed by atoms with Crippen LogP contribution in [0.15, 0.2) is 42.6 Å². The predicted molar refractivity (Wildman–Crippen MR) is 124 cm³/mol. The molecule has 1 fully saturated rings. The molecule has 1 aliphatic rings. The van der Waals surface area contributed by atoms with Gasteiger partial charge in [-0.1, -0.05) is 41.4 Å². The SMILES string of the molecule is Cc1cnc2c(NC(=O)c3c(Cl)cccc3Cl)cccc2c1NC(=O)NC1CCNC1. The third kappa shape index (κ3) is 4.58. The van der Waals surface area contributed by atoms with Crippen molar-refractivity contribution < 1.29 is 9.59 Å². The van der Waals surface area contributed by atoms with Crippen molar-refractivity contribution in [1.29, 1.82) is 0 Å². The number of rotatable bonds is 4. The zero-order valence-corrected chi connectivity index (χ0v) is 18.3. The van der Waals surface area contributed by atoms with Gasteiger partial charge in [0.1, 0.15) is 0 Å². The minimum absolute atomic E-state index is 0.101. The molecule has 0 saturated carbocycles. The van der Waals surface area contributed by atoms with E-state index in [1.165, 1.54) is 0 Å². The Morgan fingerprint density at radius 2 is 1.84 bits per heavy atom. The summed E-state index contributed by atoms with van der Waals surface area (Å²) in [6.45, 7) is 3.51. The Kier molecular flexibility index (Phi) is 6.27. The summed E-state index contributed by atoms with van der Waals surface area (Å²) in [5.41, 5.74) is 2.67. The molecule has 0 bridgehead atoms. The van der Waals surface area contributed by atoms with Crippen molar-refractivity contribution in [2.75, 3.05) is 23.7 Å². The highest BCUT2D eigenvalue weighted by molar-refractivity contribution is 6.40. The van der Waals surface area contributed by atoms with Crippen molar-refractivity contribution >= 4 is 57.4 Å². The fraction of sp³-hybridized carbons (Fsp3) is 0.227. The Bertz CT molecular complexity index is 1140. The van der Waals surface area contributed by atoms with E-state index >= 15 is 0 Å². The lowest BCUT2D eigenvalue weighted by Crippen LogP contribution is -2.39. The lowest BCUT2D eigenvalue weighted by molar-refractivity contribution is 0.102. The van der Waals surface area contributed by atoms with Gasteiger partial charge in [-0.3, -0.25) is 9.78 Å². The van der Waals surface area contributed by atoms with Crippen molar-refractivity contribution in [3.63, 3.8) is 0 Å². The van der Waals surface area contributed by atoms with Gasteiger partial charge in [0, 0.05) is 24.2 Å². The van der Waals surface area contributed by atoms with E-state index < -0.39 is 5.91 Å². The molecular formula is C22H21Cl2N5O2. The van der Waals surface area contributed by atoms with Crippen LogP contribution in [0.3, 0.4) is 0 Å². The van der Waals surface area contributed by atoms with E-state index in [4.69, 9.17) is 23.2 Å². The van der Waals surface area contributed by atoms with Gasteiger partial charge in [-0.05, 0) is 43.7 Å². The van der Waals surface area contributed by atoms with Gasteiger partial charge in [0.2, 0.25) is 0 Å². The van der Waals surface area contributed by atoms with Crippen LogP contribution in [0.5, 0.6) is 0 Å². The van der Waals surface area contributed by atoms with Crippen molar-refractivity contribution in [2.24, 2.45) is 0 Å². The number of nitrogens with one attached hydrogen (secondary N) is 4. The highest BCUT2D eigenvalue weighted by Crippen LogP contribution is 2.31. The first-order chi connectivity index (χ1) is 14.9. The third-order valence-electron chi connectivity index (χ3n) is 5.16. The van der Waals surface area contributed by atoms with Crippen LogP contribution in [-0.2, 0) is 0 Å². The first-order valence-corrected chi connectivity index (χ1v) is 10.6. The van der Waals surface area contributed by atoms with E-state index in [9.17, 15) is 9.59 Å². The molecule has 1 saturated heterocycles. The van der Waals surface area contributed by atoms with Crippen molar-refractivity contribution in [3.05, 3.63) is 63.8 Å². The van der Waals surface area contributed by atoms with Crippen LogP contribution in [-0.4, -0.2) is 36.1 Å². The molecule has 2 heterocycles. The number of hydrogen-bond donors (Lipinski definition) is 4. The van der Waals surface area contributed by atoms with Crippen LogP contribution in [0.1, 0.15) is 22.3 Å². The molecule has 4 rings (SSSR count). The molecule has 7 nitrogen and oxygen atoms in total. The molecule has 3 amide bonds. The first kappa shape index (κ1) is 21.4. The topological polar surface area (TPSA) is 95.2 Å². The molecule has 9 heteroatoms. The number of urea groups is 1. The van der Waals surface area contributed by atoms with Crippen LogP contribution >= 0.6 is 23.2 Å². The second-order valence-corrected chi connectivity index (χ2v) is 8.17. The fourth-order valence-corrected chi connectivity index (χ4v) is 4.17. The molecule has 4 N–H and O–H groups in total. The van der Waals surface area contributed by atoms with Crippen LogP contribution in [0, 0.1) is 6.92 Å². The molecule has 2 aromatic carbocycles. The normalized spacial score (nSPS) is 15.6. The molecule has 1 aliphatic heterocycles. The molecular weight excluding hydrogens is 437 g/mol. The van der Waals surface area contributed by atoms with Crippen LogP contribution in [0.4, 0.5) is 16.2 Å². The van der Waals surface area contributed by atoms with Gasteiger partial charge < -0.3 is 21.3 Å². The maximum atomic E-state index is 12.8. The van der Waals surface area contributed by atoms with Gasteiger partial charge in [-0.25, -0.2) is 4.79 Å². The van der Waals surface area contributed by atoms with Gasteiger partial charge in [0.25, 0.3) is 5.91 Å². The average Bonchev–Trinajstić information content (AvgIpc) is 3.23. The Hall–Kier alpha value is -2.87. The van der Waals surface area contributed by atoms with E-state index in [-0.39, 0.29) is 27.7 Å². The van der Waals surface area contributed by atoms with Crippen LogP contribution in [0.2, 0.25) is 10.0 Å². The van der Waals surface area contributed by atoms with E-state index in [2.05, 4.69) is 26.3 Å². The largest absolute Gasteiger partial charge is 0.334 e. The Balaban J connectivity index is 1.63. The number of hydrogen-bond acceptors (Lipinski definition) is 4. The monoisotopic (exact) mass is 457 g/mol. The van der Waals surface area contributed by atoms with Gasteiger partial charge in [-0.15, -0.1) is 0 Å². The van der Waals surface area contributed by atoms with Crippen molar-refractivity contribution in [2.45, 2.75) is 19.4 Å². The summed E-state index contributed by atoms with van der Waals surface area (Å²) in [6.07, 6.45) is 2.55. The maximum absolute atomic E-state index is 12.8. The van der Waals surface area contributed by atoms with E-state index in [0.717, 1.165) is 25.1 Å². The van der Waals surface area contributed by atoms with Crippen LogP contribution in [0.25, 0.3) is 10.9 Å². The molecule has 1 aromatic heterocycles. The molecule has 0 aliphatic carbocycles. The summed E-state index contributed by atoms with van der Waals surface area (Å²) < 4.78 is 0. The summed E-state index contributed by atoms with van der Waals surface area (Å²) in [5, 5.41) is 13.2. The molecule has 0 spiro atoms. The van der Waals surface area contributed by atoms with Gasteiger partial charge in [0.05, 0.1) is 32.5 Å². The number of nitrogens with zero attached hydrogens (tertiary/aromatic N) is 1. The van der Waals surface area contributed by atoms with Crippen molar-refractivity contribution in [1.82, 2.24) is 15.6 Å². The maximum Gasteiger partial charge on any atom is 0.319 e. The lowest BCUT2D eigenvalue weighted by Gasteiger charge is -2.16. The fourth-order valence-electron chi connectivity index (χ4n) is 3.60. The number of aromatic nitrogens is 1. The number of carbonyl (C=O) groups is 2. The van der Waals surface area contributed by atoms with E-state index in [1.807, 2.05) is 13.0 Å². The average molecular weight is 458 g/mol. The zero-order valence-electron chi connectivity index (χ0n) is 16.8. The quantitative estimate of drug-likeness (QED) is 0.460.